The summed E-state index contributed by atoms with van der Waals surface area (Å²) in [7, 11) is 0. The first-order valence-corrected chi connectivity index (χ1v) is 4.59. The van der Waals surface area contributed by atoms with Crippen molar-refractivity contribution in [2.75, 3.05) is 0 Å². The third-order valence-corrected chi connectivity index (χ3v) is 2.43. The van der Waals surface area contributed by atoms with E-state index in [2.05, 4.69) is 9.97 Å². The molecule has 0 saturated heterocycles. The molecule has 0 radical (unpaired) electrons. The quantitative estimate of drug-likeness (QED) is 0.439. The van der Waals surface area contributed by atoms with E-state index in [1.54, 1.807) is 0 Å². The Bertz CT molecular complexity index is 559. The third kappa shape index (κ3) is 1.71. The number of hydrogen-bond donors (Lipinski definition) is 0. The van der Waals surface area contributed by atoms with Gasteiger partial charge in [-0.25, -0.2) is 9.97 Å². The van der Waals surface area contributed by atoms with Gasteiger partial charge in [0.1, 0.15) is 11.5 Å². The van der Waals surface area contributed by atoms with Crippen molar-refractivity contribution in [3.63, 3.8) is 0 Å². The Morgan fingerprint density at radius 1 is 1.27 bits per heavy atom. The fourth-order valence-corrected chi connectivity index (χ4v) is 1.64. The van der Waals surface area contributed by atoms with Crippen LogP contribution in [-0.2, 0) is 0 Å². The minimum absolute atomic E-state index is 0.135. The van der Waals surface area contributed by atoms with Crippen molar-refractivity contribution in [3.05, 3.63) is 38.8 Å². The molecule has 0 saturated carbocycles. The predicted molar refractivity (Wildman–Crippen MR) is 56.2 cm³/mol. The number of fused-ring (bicyclic) bond motifs is 1. The molecule has 0 spiro atoms. The molecule has 0 aliphatic heterocycles. The van der Waals surface area contributed by atoms with E-state index in [1.807, 2.05) is 0 Å². The van der Waals surface area contributed by atoms with Gasteiger partial charge in [-0.05, 0) is 0 Å². The van der Waals surface area contributed by atoms with Crippen LogP contribution < -0.4 is 0 Å². The normalized spacial score (nSPS) is 10.5. The van der Waals surface area contributed by atoms with E-state index in [0.29, 0.717) is 10.9 Å². The number of non-ortho nitro benzene ring substituents is 1. The van der Waals surface area contributed by atoms with E-state index in [9.17, 15) is 10.1 Å². The molecule has 2 rings (SSSR count). The maximum Gasteiger partial charge on any atom is 0.271 e. The molecular formula is C8H3Cl2N3O2. The van der Waals surface area contributed by atoms with E-state index < -0.39 is 4.92 Å². The van der Waals surface area contributed by atoms with Gasteiger partial charge >= 0.3 is 0 Å². The molecule has 15 heavy (non-hydrogen) atoms. The second-order valence-electron chi connectivity index (χ2n) is 2.75. The lowest BCUT2D eigenvalue weighted by atomic mass is 10.2. The summed E-state index contributed by atoms with van der Waals surface area (Å²) in [6.45, 7) is 0. The minimum Gasteiger partial charge on any atom is -0.258 e. The molecule has 0 fully saturated rings. The van der Waals surface area contributed by atoms with E-state index in [0.717, 1.165) is 0 Å². The number of nitro benzene ring substituents is 1. The zero-order valence-corrected chi connectivity index (χ0v) is 8.66. The van der Waals surface area contributed by atoms with Gasteiger partial charge in [-0.3, -0.25) is 10.1 Å². The molecule has 0 aliphatic carbocycles. The Balaban J connectivity index is 2.85. The smallest absolute Gasteiger partial charge is 0.258 e. The largest absolute Gasteiger partial charge is 0.271 e. The highest BCUT2D eigenvalue weighted by molar-refractivity contribution is 6.38. The lowest BCUT2D eigenvalue weighted by Gasteiger charge is -2.00. The summed E-state index contributed by atoms with van der Waals surface area (Å²) in [4.78, 5) is 17.6. The Hall–Kier alpha value is -1.46. The fourth-order valence-electron chi connectivity index (χ4n) is 1.19. The van der Waals surface area contributed by atoms with Gasteiger partial charge < -0.3 is 0 Å². The minimum atomic E-state index is -0.547. The van der Waals surface area contributed by atoms with Crippen molar-refractivity contribution in [3.8, 4) is 0 Å². The van der Waals surface area contributed by atoms with Crippen LogP contribution in [0.15, 0.2) is 18.5 Å². The van der Waals surface area contributed by atoms with Gasteiger partial charge in [-0.15, -0.1) is 0 Å². The van der Waals surface area contributed by atoms with Crippen LogP contribution >= 0.6 is 23.2 Å². The van der Waals surface area contributed by atoms with E-state index >= 15 is 0 Å². The first kappa shape index (κ1) is 10.1. The molecule has 1 aromatic heterocycles. The van der Waals surface area contributed by atoms with Gasteiger partial charge in [0.2, 0.25) is 0 Å². The number of halogens is 2. The molecule has 1 aromatic carbocycles. The summed E-state index contributed by atoms with van der Waals surface area (Å²) in [5.41, 5.74) is 0.270. The highest BCUT2D eigenvalue weighted by Gasteiger charge is 2.13. The van der Waals surface area contributed by atoms with Gasteiger partial charge in [0.05, 0.1) is 15.5 Å². The van der Waals surface area contributed by atoms with Crippen molar-refractivity contribution in [2.45, 2.75) is 0 Å². The van der Waals surface area contributed by atoms with Crippen LogP contribution in [0.1, 0.15) is 0 Å². The summed E-state index contributed by atoms with van der Waals surface area (Å²) in [6.07, 6.45) is 1.25. The topological polar surface area (TPSA) is 68.9 Å². The molecule has 0 unspecified atom stereocenters. The molecule has 0 amide bonds. The van der Waals surface area contributed by atoms with Crippen LogP contribution in [0.3, 0.4) is 0 Å². The number of aromatic nitrogens is 2. The first-order chi connectivity index (χ1) is 7.09. The zero-order chi connectivity index (χ0) is 11.0. The van der Waals surface area contributed by atoms with Gasteiger partial charge in [0.15, 0.2) is 0 Å². The number of nitrogens with zero attached hydrogens (tertiary/aromatic N) is 3. The summed E-state index contributed by atoms with van der Waals surface area (Å²) < 4.78 is 0. The second-order valence-corrected chi connectivity index (χ2v) is 3.51. The zero-order valence-electron chi connectivity index (χ0n) is 7.15. The monoisotopic (exact) mass is 243 g/mol. The van der Waals surface area contributed by atoms with Crippen molar-refractivity contribution >= 4 is 39.8 Å². The molecule has 0 bridgehead atoms. The number of hydrogen-bond acceptors (Lipinski definition) is 4. The van der Waals surface area contributed by atoms with Gasteiger partial charge in [0.25, 0.3) is 5.69 Å². The van der Waals surface area contributed by atoms with Crippen LogP contribution in [-0.4, -0.2) is 14.9 Å². The number of rotatable bonds is 1. The summed E-state index contributed by atoms with van der Waals surface area (Å²) in [5, 5.41) is 11.3. The Labute approximate surface area is 93.8 Å². The van der Waals surface area contributed by atoms with Crippen molar-refractivity contribution in [2.24, 2.45) is 0 Å². The van der Waals surface area contributed by atoms with Crippen molar-refractivity contribution in [1.29, 1.82) is 0 Å². The summed E-state index contributed by atoms with van der Waals surface area (Å²) >= 11 is 11.6. The first-order valence-electron chi connectivity index (χ1n) is 3.84. The van der Waals surface area contributed by atoms with Crippen molar-refractivity contribution < 1.29 is 4.92 Å². The lowest BCUT2D eigenvalue weighted by Crippen LogP contribution is -1.91. The Morgan fingerprint density at radius 3 is 2.67 bits per heavy atom. The fraction of sp³-hybridized carbons (Fsp3) is 0. The lowest BCUT2D eigenvalue weighted by molar-refractivity contribution is -0.384. The van der Waals surface area contributed by atoms with E-state index in [1.165, 1.54) is 18.5 Å². The Morgan fingerprint density at radius 2 is 2.00 bits per heavy atom. The van der Waals surface area contributed by atoms with Crippen LogP contribution in [0.5, 0.6) is 0 Å². The molecule has 2 aromatic rings. The SMILES string of the molecule is O=[N+]([O-])c1cc(Cl)c2ncnc(Cl)c2c1. The molecule has 0 N–H and O–H groups in total. The van der Waals surface area contributed by atoms with Gasteiger partial charge in [-0.1, -0.05) is 23.2 Å². The van der Waals surface area contributed by atoms with Crippen LogP contribution in [0.2, 0.25) is 10.2 Å². The predicted octanol–water partition coefficient (Wildman–Crippen LogP) is 2.84. The number of benzene rings is 1. The van der Waals surface area contributed by atoms with Gasteiger partial charge in [0, 0.05) is 17.5 Å². The molecule has 5 nitrogen and oxygen atoms in total. The molecule has 0 atom stereocenters. The van der Waals surface area contributed by atoms with Crippen LogP contribution in [0.25, 0.3) is 10.9 Å². The molecular weight excluding hydrogens is 241 g/mol. The third-order valence-electron chi connectivity index (χ3n) is 1.84. The highest BCUT2D eigenvalue weighted by atomic mass is 35.5. The molecule has 0 aliphatic rings. The average molecular weight is 244 g/mol. The molecule has 1 heterocycles. The maximum atomic E-state index is 10.6. The van der Waals surface area contributed by atoms with Crippen molar-refractivity contribution in [1.82, 2.24) is 9.97 Å². The highest BCUT2D eigenvalue weighted by Crippen LogP contribution is 2.30. The van der Waals surface area contributed by atoms with Crippen LogP contribution in [0.4, 0.5) is 5.69 Å². The Kier molecular flexibility index (Phi) is 2.42. The molecule has 7 heteroatoms. The van der Waals surface area contributed by atoms with Gasteiger partial charge in [-0.2, -0.15) is 0 Å². The van der Waals surface area contributed by atoms with E-state index in [-0.39, 0.29) is 15.9 Å². The van der Waals surface area contributed by atoms with E-state index in [4.69, 9.17) is 23.2 Å². The average Bonchev–Trinajstić information content (AvgIpc) is 2.19. The maximum absolute atomic E-state index is 10.6. The standard InChI is InChI=1S/C8H3Cl2N3O2/c9-6-2-4(13(14)15)1-5-7(6)11-3-12-8(5)10/h1-3H. The summed E-state index contributed by atoms with van der Waals surface area (Å²) in [6, 6.07) is 2.52. The summed E-state index contributed by atoms with van der Waals surface area (Å²) in [5.74, 6) is 0. The number of nitro groups is 1. The second kappa shape index (κ2) is 3.60. The van der Waals surface area contributed by atoms with Crippen LogP contribution in [0, 0.1) is 10.1 Å². The molecule has 76 valence electrons.